The average Bonchev–Trinajstić information content (AvgIpc) is 3.31. The lowest BCUT2D eigenvalue weighted by molar-refractivity contribution is -0.116. The largest absolute Gasteiger partial charge is 0.497 e. The van der Waals surface area contributed by atoms with E-state index in [1.54, 1.807) is 24.1 Å². The Kier molecular flexibility index (Phi) is 8.63. The molecule has 0 spiro atoms. The van der Waals surface area contributed by atoms with Crippen LogP contribution in [0.1, 0.15) is 50.9 Å². The highest BCUT2D eigenvalue weighted by molar-refractivity contribution is 7.99. The van der Waals surface area contributed by atoms with Gasteiger partial charge in [-0.15, -0.1) is 10.2 Å². The van der Waals surface area contributed by atoms with Crippen LogP contribution in [0.2, 0.25) is 0 Å². The highest BCUT2D eigenvalue weighted by Crippen LogP contribution is 2.33. The Morgan fingerprint density at radius 3 is 2.66 bits per heavy atom. The normalized spacial score (nSPS) is 14.0. The molecule has 2 aromatic carbocycles. The summed E-state index contributed by atoms with van der Waals surface area (Å²) in [6.45, 7) is 2.96. The molecule has 7 nitrogen and oxygen atoms in total. The Hall–Kier alpha value is -3.07. The van der Waals surface area contributed by atoms with Crippen LogP contribution in [0.4, 0.5) is 15.8 Å². The molecule has 1 aromatic heterocycles. The lowest BCUT2D eigenvalue weighted by atomic mass is 9.95. The molecule has 0 saturated heterocycles. The molecule has 1 aliphatic carbocycles. The number of aromatic nitrogens is 3. The second kappa shape index (κ2) is 12.1. The highest BCUT2D eigenvalue weighted by atomic mass is 32.2. The van der Waals surface area contributed by atoms with Gasteiger partial charge in [-0.25, -0.2) is 4.39 Å². The van der Waals surface area contributed by atoms with Gasteiger partial charge < -0.3 is 19.5 Å². The number of nitrogens with one attached hydrogen (secondary N) is 1. The van der Waals surface area contributed by atoms with E-state index in [2.05, 4.69) is 20.1 Å². The van der Waals surface area contributed by atoms with E-state index >= 15 is 0 Å². The molecule has 3 aromatic rings. The number of ether oxygens (including phenoxy) is 1. The maximum Gasteiger partial charge on any atom is 0.237 e. The second-order valence-corrected chi connectivity index (χ2v) is 9.49. The Labute approximate surface area is 210 Å². The van der Waals surface area contributed by atoms with Crippen molar-refractivity contribution < 1.29 is 13.9 Å². The first-order valence-corrected chi connectivity index (χ1v) is 13.1. The first kappa shape index (κ1) is 25.0. The molecule has 1 N–H and O–H groups in total. The van der Waals surface area contributed by atoms with Gasteiger partial charge >= 0.3 is 0 Å². The van der Waals surface area contributed by atoms with Gasteiger partial charge in [-0.3, -0.25) is 4.79 Å². The van der Waals surface area contributed by atoms with Gasteiger partial charge in [-0.1, -0.05) is 37.1 Å². The molecule has 0 bridgehead atoms. The van der Waals surface area contributed by atoms with Crippen LogP contribution in [0.25, 0.3) is 0 Å². The van der Waals surface area contributed by atoms with Crippen LogP contribution < -0.4 is 15.0 Å². The van der Waals surface area contributed by atoms with Crippen LogP contribution in [0.5, 0.6) is 5.75 Å². The maximum absolute atomic E-state index is 13.3. The second-order valence-electron chi connectivity index (χ2n) is 8.55. The van der Waals surface area contributed by atoms with Gasteiger partial charge in [0.2, 0.25) is 5.91 Å². The molecule has 1 fully saturated rings. The molecular formula is C26H32FN5O2S. The summed E-state index contributed by atoms with van der Waals surface area (Å²) in [5, 5.41) is 13.2. The fourth-order valence-corrected chi connectivity index (χ4v) is 5.38. The molecule has 1 heterocycles. The molecule has 0 atom stereocenters. The Bertz CT molecular complexity index is 1120. The fourth-order valence-electron chi connectivity index (χ4n) is 4.47. The summed E-state index contributed by atoms with van der Waals surface area (Å²) in [4.78, 5) is 14.7. The zero-order valence-corrected chi connectivity index (χ0v) is 21.1. The standard InChI is InChI=1S/C26H32FN5O2S/c1-3-31(21-14-12-19(27)13-15-21)25(33)18-35-26-30-29-24(32(26)22-9-5-4-6-10-22)17-28-20-8-7-11-23(16-20)34-2/h7-8,11-16,22,28H,3-6,9-10,17-18H2,1-2H3. The van der Waals surface area contributed by atoms with Crippen LogP contribution in [0, 0.1) is 5.82 Å². The Balaban J connectivity index is 1.48. The van der Waals surface area contributed by atoms with Crippen molar-refractivity contribution in [3.63, 3.8) is 0 Å². The van der Waals surface area contributed by atoms with Crippen molar-refractivity contribution >= 4 is 29.0 Å². The lowest BCUT2D eigenvalue weighted by Gasteiger charge is -2.26. The number of hydrogen-bond donors (Lipinski definition) is 1. The number of hydrogen-bond acceptors (Lipinski definition) is 6. The summed E-state index contributed by atoms with van der Waals surface area (Å²) in [7, 11) is 1.65. The molecule has 0 radical (unpaired) electrons. The zero-order valence-electron chi connectivity index (χ0n) is 20.2. The zero-order chi connectivity index (χ0) is 24.6. The summed E-state index contributed by atoms with van der Waals surface area (Å²) in [6, 6.07) is 14.1. The first-order chi connectivity index (χ1) is 17.1. The van der Waals surface area contributed by atoms with Crippen molar-refractivity contribution in [2.24, 2.45) is 0 Å². The minimum Gasteiger partial charge on any atom is -0.497 e. The number of rotatable bonds is 10. The Morgan fingerprint density at radius 1 is 1.17 bits per heavy atom. The molecule has 186 valence electrons. The number of amides is 1. The topological polar surface area (TPSA) is 72.3 Å². The van der Waals surface area contributed by atoms with Gasteiger partial charge in [0.1, 0.15) is 11.6 Å². The molecule has 1 saturated carbocycles. The van der Waals surface area contributed by atoms with Crippen LogP contribution in [0.15, 0.2) is 53.7 Å². The first-order valence-electron chi connectivity index (χ1n) is 12.1. The van der Waals surface area contributed by atoms with E-state index in [1.807, 2.05) is 31.2 Å². The predicted octanol–water partition coefficient (Wildman–Crippen LogP) is 5.69. The number of thioether (sulfide) groups is 1. The molecule has 0 aliphatic heterocycles. The lowest BCUT2D eigenvalue weighted by Crippen LogP contribution is -2.32. The third-order valence-corrected chi connectivity index (χ3v) is 7.20. The van der Waals surface area contributed by atoms with Crippen LogP contribution in [-0.2, 0) is 11.3 Å². The molecule has 35 heavy (non-hydrogen) atoms. The minimum absolute atomic E-state index is 0.0432. The number of carbonyl (C=O) groups excluding carboxylic acids is 1. The molecule has 1 amide bonds. The van der Waals surface area contributed by atoms with Crippen molar-refractivity contribution in [2.75, 3.05) is 29.6 Å². The maximum atomic E-state index is 13.3. The van der Waals surface area contributed by atoms with E-state index in [1.165, 1.54) is 43.2 Å². The number of anilines is 2. The molecule has 4 rings (SSSR count). The third kappa shape index (κ3) is 6.33. The van der Waals surface area contributed by atoms with Crippen LogP contribution in [0.3, 0.4) is 0 Å². The predicted molar refractivity (Wildman–Crippen MR) is 138 cm³/mol. The van der Waals surface area contributed by atoms with Gasteiger partial charge in [0.25, 0.3) is 0 Å². The molecule has 1 aliphatic rings. The number of nitrogens with zero attached hydrogens (tertiary/aromatic N) is 4. The van der Waals surface area contributed by atoms with Crippen LogP contribution >= 0.6 is 11.8 Å². The van der Waals surface area contributed by atoms with Gasteiger partial charge in [0.15, 0.2) is 11.0 Å². The summed E-state index contributed by atoms with van der Waals surface area (Å²) in [6.07, 6.45) is 5.79. The number of halogens is 1. The highest BCUT2D eigenvalue weighted by Gasteiger charge is 2.24. The van der Waals surface area contributed by atoms with E-state index in [0.29, 0.717) is 24.8 Å². The minimum atomic E-state index is -0.317. The monoisotopic (exact) mass is 497 g/mol. The van der Waals surface area contributed by atoms with E-state index in [0.717, 1.165) is 35.3 Å². The van der Waals surface area contributed by atoms with Crippen molar-refractivity contribution in [1.82, 2.24) is 14.8 Å². The van der Waals surface area contributed by atoms with E-state index in [-0.39, 0.29) is 17.5 Å². The number of carbonyl (C=O) groups is 1. The summed E-state index contributed by atoms with van der Waals surface area (Å²) in [5.74, 6) is 1.53. The van der Waals surface area contributed by atoms with E-state index in [9.17, 15) is 9.18 Å². The SMILES string of the molecule is CCN(C(=O)CSc1nnc(CNc2cccc(OC)c2)n1C1CCCCC1)c1ccc(F)cc1. The molecule has 9 heteroatoms. The summed E-state index contributed by atoms with van der Waals surface area (Å²) in [5.41, 5.74) is 1.64. The van der Waals surface area contributed by atoms with Crippen LogP contribution in [-0.4, -0.2) is 40.1 Å². The number of benzene rings is 2. The summed E-state index contributed by atoms with van der Waals surface area (Å²) >= 11 is 1.42. The molecular weight excluding hydrogens is 465 g/mol. The van der Waals surface area contributed by atoms with Gasteiger partial charge in [-0.2, -0.15) is 0 Å². The van der Waals surface area contributed by atoms with Crippen molar-refractivity contribution in [3.05, 3.63) is 60.2 Å². The van der Waals surface area contributed by atoms with Crippen molar-refractivity contribution in [1.29, 1.82) is 0 Å². The number of methoxy groups -OCH3 is 1. The third-order valence-electron chi connectivity index (χ3n) is 6.28. The quantitative estimate of drug-likeness (QED) is 0.363. The smallest absolute Gasteiger partial charge is 0.237 e. The summed E-state index contributed by atoms with van der Waals surface area (Å²) < 4.78 is 20.9. The van der Waals surface area contributed by atoms with Gasteiger partial charge in [0.05, 0.1) is 19.4 Å². The van der Waals surface area contributed by atoms with Crippen molar-refractivity contribution in [3.8, 4) is 5.75 Å². The average molecular weight is 498 g/mol. The van der Waals surface area contributed by atoms with Crippen molar-refractivity contribution in [2.45, 2.75) is 56.8 Å². The Morgan fingerprint density at radius 2 is 1.94 bits per heavy atom. The van der Waals surface area contributed by atoms with E-state index in [4.69, 9.17) is 4.74 Å². The fraction of sp³-hybridized carbons (Fsp3) is 0.423. The van der Waals surface area contributed by atoms with Gasteiger partial charge in [0, 0.05) is 30.0 Å². The molecule has 0 unspecified atom stereocenters. The van der Waals surface area contributed by atoms with E-state index < -0.39 is 0 Å². The van der Waals surface area contributed by atoms with Gasteiger partial charge in [-0.05, 0) is 56.2 Å².